The first kappa shape index (κ1) is 11.1. The molecule has 1 atom stereocenters. The number of carbonyl (C=O) groups is 1. The summed E-state index contributed by atoms with van der Waals surface area (Å²) in [6.45, 7) is 2.12. The number of rotatable bonds is 2. The molecule has 0 radical (unpaired) electrons. The van der Waals surface area contributed by atoms with Gasteiger partial charge in [-0.2, -0.15) is 0 Å². The highest BCUT2D eigenvalue weighted by Crippen LogP contribution is 2.30. The summed E-state index contributed by atoms with van der Waals surface area (Å²) in [6.07, 6.45) is 0.482. The van der Waals surface area contributed by atoms with Crippen LogP contribution in [0.5, 0.6) is 0 Å². The lowest BCUT2D eigenvalue weighted by Crippen LogP contribution is -2.35. The van der Waals surface area contributed by atoms with Crippen LogP contribution >= 0.6 is 11.6 Å². The van der Waals surface area contributed by atoms with Crippen LogP contribution in [-0.4, -0.2) is 23.2 Å². The van der Waals surface area contributed by atoms with Gasteiger partial charge in [-0.25, -0.2) is 4.79 Å². The molecule has 1 aromatic carbocycles. The van der Waals surface area contributed by atoms with Crippen molar-refractivity contribution >= 4 is 29.0 Å². The van der Waals surface area contributed by atoms with Crippen LogP contribution in [-0.2, 0) is 9.53 Å². The van der Waals surface area contributed by atoms with Crippen LogP contribution in [0.4, 0.5) is 5.69 Å². The lowest BCUT2D eigenvalue weighted by Gasteiger charge is -2.15. The number of benzene rings is 1. The Bertz CT molecular complexity index is 430. The quantitative estimate of drug-likeness (QED) is 0.451. The third-order valence-corrected chi connectivity index (χ3v) is 3.25. The highest BCUT2D eigenvalue weighted by Gasteiger charge is 2.45. The number of halogens is 1. The average Bonchev–Trinajstić information content (AvgIpc) is 2.62. The topological polar surface area (TPSA) is 38.7 Å². The SMILES string of the molecule is CC(=Nc1ccccc1)C1(Cl)CCOC1=O. The normalized spacial score (nSPS) is 25.6. The van der Waals surface area contributed by atoms with E-state index < -0.39 is 10.8 Å². The molecule has 2 rings (SSSR count). The lowest BCUT2D eigenvalue weighted by molar-refractivity contribution is -0.138. The van der Waals surface area contributed by atoms with Crippen molar-refractivity contribution < 1.29 is 9.53 Å². The molecule has 1 aliphatic heterocycles. The summed E-state index contributed by atoms with van der Waals surface area (Å²) in [5, 5.41) is 0. The van der Waals surface area contributed by atoms with Crippen molar-refractivity contribution in [2.45, 2.75) is 18.2 Å². The minimum atomic E-state index is -1.07. The number of nitrogens with zero attached hydrogens (tertiary/aromatic N) is 1. The Labute approximate surface area is 99.1 Å². The van der Waals surface area contributed by atoms with E-state index in [0.29, 0.717) is 18.7 Å². The van der Waals surface area contributed by atoms with E-state index in [4.69, 9.17) is 16.3 Å². The van der Waals surface area contributed by atoms with Gasteiger partial charge < -0.3 is 4.74 Å². The maximum absolute atomic E-state index is 11.5. The molecule has 0 spiro atoms. The minimum absolute atomic E-state index is 0.365. The van der Waals surface area contributed by atoms with Crippen molar-refractivity contribution in [2.75, 3.05) is 6.61 Å². The van der Waals surface area contributed by atoms with Gasteiger partial charge >= 0.3 is 5.97 Å². The number of aliphatic imine (C=N–C) groups is 1. The van der Waals surface area contributed by atoms with E-state index in [-0.39, 0.29) is 0 Å². The standard InChI is InChI=1S/C12H12ClNO2/c1-9(12(13)7-8-16-11(12)15)14-10-5-3-2-4-6-10/h2-6H,7-8H2,1H3. The number of cyclic esters (lactones) is 1. The van der Waals surface area contributed by atoms with Crippen LogP contribution in [0.3, 0.4) is 0 Å². The second-order valence-electron chi connectivity index (χ2n) is 3.72. The number of alkyl halides is 1. The highest BCUT2D eigenvalue weighted by molar-refractivity contribution is 6.46. The molecule has 0 bridgehead atoms. The lowest BCUT2D eigenvalue weighted by atomic mass is 10.0. The Balaban J connectivity index is 2.28. The van der Waals surface area contributed by atoms with Crippen LogP contribution in [0.2, 0.25) is 0 Å². The molecule has 0 aromatic heterocycles. The van der Waals surface area contributed by atoms with Crippen molar-refractivity contribution in [2.24, 2.45) is 4.99 Å². The van der Waals surface area contributed by atoms with Gasteiger partial charge in [0.1, 0.15) is 0 Å². The van der Waals surface area contributed by atoms with E-state index in [1.165, 1.54) is 0 Å². The van der Waals surface area contributed by atoms with Crippen LogP contribution < -0.4 is 0 Å². The molecule has 1 saturated heterocycles. The molecule has 1 fully saturated rings. The van der Waals surface area contributed by atoms with E-state index in [0.717, 1.165) is 5.69 Å². The third kappa shape index (κ3) is 1.95. The van der Waals surface area contributed by atoms with Gasteiger partial charge in [-0.05, 0) is 19.1 Å². The van der Waals surface area contributed by atoms with Gasteiger partial charge in [-0.15, -0.1) is 0 Å². The second-order valence-corrected chi connectivity index (χ2v) is 4.37. The van der Waals surface area contributed by atoms with Gasteiger partial charge in [0.15, 0.2) is 4.87 Å². The Morgan fingerprint density at radius 3 is 2.69 bits per heavy atom. The third-order valence-electron chi connectivity index (χ3n) is 2.63. The Kier molecular flexibility index (Phi) is 2.97. The second kappa shape index (κ2) is 4.26. The van der Waals surface area contributed by atoms with E-state index in [2.05, 4.69) is 4.99 Å². The first-order valence-corrected chi connectivity index (χ1v) is 5.48. The average molecular weight is 238 g/mol. The van der Waals surface area contributed by atoms with Crippen LogP contribution in [0.25, 0.3) is 0 Å². The first-order valence-electron chi connectivity index (χ1n) is 5.10. The predicted molar refractivity (Wildman–Crippen MR) is 63.4 cm³/mol. The first-order chi connectivity index (χ1) is 7.63. The van der Waals surface area contributed by atoms with Gasteiger partial charge in [0.05, 0.1) is 12.3 Å². The Hall–Kier alpha value is -1.35. The molecule has 0 saturated carbocycles. The Morgan fingerprint density at radius 1 is 1.44 bits per heavy atom. The van der Waals surface area contributed by atoms with E-state index in [9.17, 15) is 4.79 Å². The predicted octanol–water partition coefficient (Wildman–Crippen LogP) is 2.70. The smallest absolute Gasteiger partial charge is 0.333 e. The van der Waals surface area contributed by atoms with Crippen molar-refractivity contribution in [3.63, 3.8) is 0 Å². The highest BCUT2D eigenvalue weighted by atomic mass is 35.5. The monoisotopic (exact) mass is 237 g/mol. The number of carbonyl (C=O) groups excluding carboxylic acids is 1. The molecule has 1 heterocycles. The minimum Gasteiger partial charge on any atom is -0.464 e. The number of hydrogen-bond donors (Lipinski definition) is 0. The van der Waals surface area contributed by atoms with Crippen molar-refractivity contribution in [3.05, 3.63) is 30.3 Å². The van der Waals surface area contributed by atoms with Gasteiger partial charge in [-0.3, -0.25) is 4.99 Å². The molecule has 0 aliphatic carbocycles. The van der Waals surface area contributed by atoms with Crippen molar-refractivity contribution in [1.82, 2.24) is 0 Å². The fourth-order valence-corrected chi connectivity index (χ4v) is 1.79. The zero-order valence-electron chi connectivity index (χ0n) is 8.94. The molecule has 84 valence electrons. The van der Waals surface area contributed by atoms with E-state index >= 15 is 0 Å². The molecule has 1 aliphatic rings. The molecular weight excluding hydrogens is 226 g/mol. The van der Waals surface area contributed by atoms with Crippen LogP contribution in [0.15, 0.2) is 35.3 Å². The summed E-state index contributed by atoms with van der Waals surface area (Å²) < 4.78 is 4.88. The molecular formula is C12H12ClNO2. The summed E-state index contributed by atoms with van der Waals surface area (Å²) in [5.41, 5.74) is 1.38. The zero-order chi connectivity index (χ0) is 11.6. The fraction of sp³-hybridized carbons (Fsp3) is 0.333. The Morgan fingerprint density at radius 2 is 2.12 bits per heavy atom. The molecule has 0 N–H and O–H groups in total. The van der Waals surface area contributed by atoms with Crippen molar-refractivity contribution in [3.8, 4) is 0 Å². The maximum atomic E-state index is 11.5. The molecule has 1 unspecified atom stereocenters. The van der Waals surface area contributed by atoms with Gasteiger partial charge in [0, 0.05) is 12.1 Å². The number of ether oxygens (including phenoxy) is 1. The number of esters is 1. The summed E-state index contributed by atoms with van der Waals surface area (Å²) in [7, 11) is 0. The summed E-state index contributed by atoms with van der Waals surface area (Å²) in [6, 6.07) is 9.42. The van der Waals surface area contributed by atoms with Crippen molar-refractivity contribution in [1.29, 1.82) is 0 Å². The maximum Gasteiger partial charge on any atom is 0.333 e. The number of hydrogen-bond acceptors (Lipinski definition) is 3. The van der Waals surface area contributed by atoms with Gasteiger partial charge in [-0.1, -0.05) is 29.8 Å². The fourth-order valence-electron chi connectivity index (χ4n) is 1.61. The van der Waals surface area contributed by atoms with E-state index in [1.54, 1.807) is 6.92 Å². The van der Waals surface area contributed by atoms with Crippen LogP contribution in [0.1, 0.15) is 13.3 Å². The summed E-state index contributed by atoms with van der Waals surface area (Å²) in [5.74, 6) is -0.397. The molecule has 1 aromatic rings. The molecule has 16 heavy (non-hydrogen) atoms. The molecule has 3 nitrogen and oxygen atoms in total. The van der Waals surface area contributed by atoms with Gasteiger partial charge in [0.2, 0.25) is 0 Å². The summed E-state index contributed by atoms with van der Waals surface area (Å²) in [4.78, 5) is 14.8. The van der Waals surface area contributed by atoms with E-state index in [1.807, 2.05) is 30.3 Å². The summed E-state index contributed by atoms with van der Waals surface area (Å²) >= 11 is 6.22. The largest absolute Gasteiger partial charge is 0.464 e. The molecule has 4 heteroatoms. The number of para-hydroxylation sites is 1. The van der Waals surface area contributed by atoms with Crippen LogP contribution in [0, 0.1) is 0 Å². The van der Waals surface area contributed by atoms with Gasteiger partial charge in [0.25, 0.3) is 0 Å². The molecule has 0 amide bonds. The zero-order valence-corrected chi connectivity index (χ0v) is 9.70.